The van der Waals surface area contributed by atoms with Crippen molar-refractivity contribution in [1.29, 1.82) is 0 Å². The Morgan fingerprint density at radius 1 is 1.10 bits per heavy atom. The summed E-state index contributed by atoms with van der Waals surface area (Å²) in [7, 11) is 1.36. The molecule has 0 bridgehead atoms. The van der Waals surface area contributed by atoms with E-state index in [1.165, 1.54) is 18.9 Å². The van der Waals surface area contributed by atoms with Gasteiger partial charge in [0.05, 0.1) is 17.7 Å². The van der Waals surface area contributed by atoms with Gasteiger partial charge in [0, 0.05) is 23.0 Å². The van der Waals surface area contributed by atoms with Crippen LogP contribution in [0.5, 0.6) is 0 Å². The molecule has 1 atom stereocenters. The van der Waals surface area contributed by atoms with Crippen LogP contribution in [0, 0.1) is 6.92 Å². The minimum Gasteiger partial charge on any atom is -0.467 e. The maximum Gasteiger partial charge on any atom is 0.329 e. The van der Waals surface area contributed by atoms with Gasteiger partial charge in [0.1, 0.15) is 6.04 Å². The summed E-state index contributed by atoms with van der Waals surface area (Å²) >= 11 is 1.53. The SMILES string of the molecule is COC(=O)[C@@H]1CSc2c(-c3ccccc3)c(C)c(-c3ccc4[nH]ccc4c3)c(=O)n21. The largest absolute Gasteiger partial charge is 0.467 e. The Hall–Kier alpha value is -3.25. The highest BCUT2D eigenvalue weighted by Crippen LogP contribution is 2.43. The molecule has 5 rings (SSSR count). The van der Waals surface area contributed by atoms with Crippen LogP contribution in [-0.2, 0) is 9.53 Å². The van der Waals surface area contributed by atoms with Gasteiger partial charge in [-0.3, -0.25) is 9.36 Å². The zero-order valence-electron chi connectivity index (χ0n) is 16.6. The van der Waals surface area contributed by atoms with E-state index in [1.807, 2.05) is 67.7 Å². The standard InChI is InChI=1S/C24H20N2O3S/c1-14-20(17-8-9-18-16(12-17)10-11-25-18)22(27)26-19(24(28)29-2)13-30-23(26)21(14)15-6-4-3-5-7-15/h3-12,19,25H,13H2,1-2H3/t19-/m0/s1. The second-order valence-electron chi connectivity index (χ2n) is 7.35. The van der Waals surface area contributed by atoms with Crippen molar-refractivity contribution < 1.29 is 9.53 Å². The molecule has 1 aliphatic heterocycles. The van der Waals surface area contributed by atoms with Gasteiger partial charge >= 0.3 is 5.97 Å². The molecule has 0 fully saturated rings. The van der Waals surface area contributed by atoms with Crippen molar-refractivity contribution in [1.82, 2.24) is 9.55 Å². The highest BCUT2D eigenvalue weighted by molar-refractivity contribution is 7.99. The molecular formula is C24H20N2O3S. The van der Waals surface area contributed by atoms with Crippen LogP contribution in [0.1, 0.15) is 11.6 Å². The highest BCUT2D eigenvalue weighted by atomic mass is 32.2. The smallest absolute Gasteiger partial charge is 0.329 e. The molecule has 0 saturated heterocycles. The van der Waals surface area contributed by atoms with Crippen molar-refractivity contribution >= 4 is 28.6 Å². The molecule has 1 N–H and O–H groups in total. The average Bonchev–Trinajstić information content (AvgIpc) is 3.41. The van der Waals surface area contributed by atoms with Crippen LogP contribution in [0.3, 0.4) is 0 Å². The molecule has 30 heavy (non-hydrogen) atoms. The molecule has 4 aromatic rings. The van der Waals surface area contributed by atoms with Crippen LogP contribution in [0.4, 0.5) is 0 Å². The maximum atomic E-state index is 13.7. The summed E-state index contributed by atoms with van der Waals surface area (Å²) in [6, 6.07) is 17.4. The van der Waals surface area contributed by atoms with Crippen LogP contribution in [0.25, 0.3) is 33.2 Å². The first kappa shape index (κ1) is 18.8. The third kappa shape index (κ3) is 2.79. The number of methoxy groups -OCH3 is 1. The van der Waals surface area contributed by atoms with E-state index >= 15 is 0 Å². The van der Waals surface area contributed by atoms with Crippen LogP contribution < -0.4 is 5.56 Å². The highest BCUT2D eigenvalue weighted by Gasteiger charge is 2.35. The monoisotopic (exact) mass is 416 g/mol. The fraction of sp³-hybridized carbons (Fsp3) is 0.167. The zero-order chi connectivity index (χ0) is 20.8. The molecule has 0 spiro atoms. The Kier molecular flexibility index (Phi) is 4.51. The van der Waals surface area contributed by atoms with Crippen molar-refractivity contribution in [3.8, 4) is 22.3 Å². The zero-order valence-corrected chi connectivity index (χ0v) is 17.5. The Balaban J connectivity index is 1.85. The molecule has 0 saturated carbocycles. The topological polar surface area (TPSA) is 64.1 Å². The molecule has 0 amide bonds. The summed E-state index contributed by atoms with van der Waals surface area (Å²) in [6.45, 7) is 1.99. The van der Waals surface area contributed by atoms with Crippen molar-refractivity contribution in [2.24, 2.45) is 0 Å². The number of esters is 1. The molecular weight excluding hydrogens is 396 g/mol. The second-order valence-corrected chi connectivity index (χ2v) is 8.36. The molecule has 5 nitrogen and oxygen atoms in total. The van der Waals surface area contributed by atoms with E-state index in [1.54, 1.807) is 4.57 Å². The number of nitrogens with one attached hydrogen (secondary N) is 1. The number of carbonyl (C=O) groups excluding carboxylic acids is 1. The van der Waals surface area contributed by atoms with E-state index < -0.39 is 12.0 Å². The minimum atomic E-state index is -0.625. The van der Waals surface area contributed by atoms with Crippen LogP contribution in [0.15, 0.2) is 70.6 Å². The van der Waals surface area contributed by atoms with E-state index in [0.29, 0.717) is 11.3 Å². The normalized spacial score (nSPS) is 15.3. The summed E-state index contributed by atoms with van der Waals surface area (Å²) in [6.07, 6.45) is 1.89. The number of hydrogen-bond donors (Lipinski definition) is 1. The molecule has 0 aliphatic carbocycles. The molecule has 2 aromatic carbocycles. The van der Waals surface area contributed by atoms with Crippen molar-refractivity contribution in [3.63, 3.8) is 0 Å². The van der Waals surface area contributed by atoms with Gasteiger partial charge in [-0.15, -0.1) is 11.8 Å². The Morgan fingerprint density at radius 3 is 2.67 bits per heavy atom. The predicted molar refractivity (Wildman–Crippen MR) is 120 cm³/mol. The predicted octanol–water partition coefficient (Wildman–Crippen LogP) is 4.79. The number of ether oxygens (including phenoxy) is 1. The maximum absolute atomic E-state index is 13.7. The molecule has 6 heteroatoms. The molecule has 2 aromatic heterocycles. The number of hydrogen-bond acceptors (Lipinski definition) is 4. The number of carbonyl (C=O) groups is 1. The van der Waals surface area contributed by atoms with E-state index in [9.17, 15) is 9.59 Å². The lowest BCUT2D eigenvalue weighted by Crippen LogP contribution is -2.31. The van der Waals surface area contributed by atoms with E-state index in [0.717, 1.165) is 38.2 Å². The van der Waals surface area contributed by atoms with Gasteiger partial charge in [-0.1, -0.05) is 36.4 Å². The number of H-pyrrole nitrogens is 1. The average molecular weight is 417 g/mol. The number of nitrogens with zero attached hydrogens (tertiary/aromatic N) is 1. The van der Waals surface area contributed by atoms with Crippen LogP contribution in [-0.4, -0.2) is 28.4 Å². The number of aromatic amines is 1. The van der Waals surface area contributed by atoms with Gasteiger partial charge in [0.25, 0.3) is 5.56 Å². The number of fused-ring (bicyclic) bond motifs is 2. The molecule has 150 valence electrons. The van der Waals surface area contributed by atoms with Gasteiger partial charge in [0.15, 0.2) is 0 Å². The van der Waals surface area contributed by atoms with Gasteiger partial charge < -0.3 is 9.72 Å². The van der Waals surface area contributed by atoms with Crippen LogP contribution in [0.2, 0.25) is 0 Å². The first-order valence-corrected chi connectivity index (χ1v) is 10.7. The molecule has 1 aliphatic rings. The number of rotatable bonds is 3. The first-order chi connectivity index (χ1) is 14.6. The third-order valence-corrected chi connectivity index (χ3v) is 6.84. The Bertz CT molecular complexity index is 1340. The summed E-state index contributed by atoms with van der Waals surface area (Å²) in [5, 5.41) is 1.86. The fourth-order valence-electron chi connectivity index (χ4n) is 4.24. The summed E-state index contributed by atoms with van der Waals surface area (Å²) < 4.78 is 6.63. The number of thioether (sulfide) groups is 1. The summed E-state index contributed by atoms with van der Waals surface area (Å²) in [5.74, 6) is 0.0971. The van der Waals surface area contributed by atoms with E-state index in [4.69, 9.17) is 4.74 Å². The summed E-state index contributed by atoms with van der Waals surface area (Å²) in [4.78, 5) is 29.3. The number of pyridine rings is 1. The first-order valence-electron chi connectivity index (χ1n) is 9.73. The van der Waals surface area contributed by atoms with E-state index in [-0.39, 0.29) is 5.56 Å². The number of aromatic nitrogens is 2. The van der Waals surface area contributed by atoms with Crippen molar-refractivity contribution in [2.75, 3.05) is 12.9 Å². The molecule has 3 heterocycles. The van der Waals surface area contributed by atoms with Gasteiger partial charge in [-0.05, 0) is 47.2 Å². The van der Waals surface area contributed by atoms with Gasteiger partial charge in [-0.2, -0.15) is 0 Å². The quantitative estimate of drug-likeness (QED) is 0.488. The third-order valence-electron chi connectivity index (χ3n) is 5.68. The van der Waals surface area contributed by atoms with Crippen LogP contribution >= 0.6 is 11.8 Å². The van der Waals surface area contributed by atoms with Gasteiger partial charge in [0.2, 0.25) is 0 Å². The second kappa shape index (κ2) is 7.22. The lowest BCUT2D eigenvalue weighted by molar-refractivity contribution is -0.143. The van der Waals surface area contributed by atoms with E-state index in [2.05, 4.69) is 4.98 Å². The van der Waals surface area contributed by atoms with Crippen molar-refractivity contribution in [2.45, 2.75) is 18.0 Å². The minimum absolute atomic E-state index is 0.155. The Morgan fingerprint density at radius 2 is 1.90 bits per heavy atom. The Labute approximate surface area is 177 Å². The molecule has 0 unspecified atom stereocenters. The summed E-state index contributed by atoms with van der Waals surface area (Å²) in [5.41, 5.74) is 5.28. The van der Waals surface area contributed by atoms with Gasteiger partial charge in [-0.25, -0.2) is 4.79 Å². The number of benzene rings is 2. The lowest BCUT2D eigenvalue weighted by Gasteiger charge is -2.19. The van der Waals surface area contributed by atoms with Crippen molar-refractivity contribution in [3.05, 3.63) is 76.7 Å². The lowest BCUT2D eigenvalue weighted by atomic mass is 9.94. The molecule has 0 radical (unpaired) electrons. The fourth-order valence-corrected chi connectivity index (χ4v) is 5.60.